The first kappa shape index (κ1) is 11.5. The Morgan fingerprint density at radius 2 is 2.06 bits per heavy atom. The maximum Gasteiger partial charge on any atom is 0.317 e. The second-order valence-electron chi connectivity index (χ2n) is 3.60. The van der Waals surface area contributed by atoms with Gasteiger partial charge in [-0.1, -0.05) is 6.07 Å². The lowest BCUT2D eigenvalue weighted by Gasteiger charge is -2.00. The lowest BCUT2D eigenvalue weighted by molar-refractivity contribution is 0.100. The minimum absolute atomic E-state index is 0.125. The van der Waals surface area contributed by atoms with Crippen molar-refractivity contribution in [1.82, 2.24) is 4.98 Å². The quantitative estimate of drug-likeness (QED) is 0.615. The van der Waals surface area contributed by atoms with E-state index >= 15 is 0 Å². The zero-order chi connectivity index (χ0) is 13.3. The van der Waals surface area contributed by atoms with E-state index in [9.17, 15) is 9.59 Å². The van der Waals surface area contributed by atoms with Crippen LogP contribution in [0.4, 0.5) is 10.6 Å². The number of aromatic amines is 1. The molecule has 1 aromatic carbocycles. The lowest BCUT2D eigenvalue weighted by Crippen LogP contribution is -2.22. The molecule has 2 rings (SSSR count). The van der Waals surface area contributed by atoms with Crippen LogP contribution in [0.15, 0.2) is 18.2 Å². The van der Waals surface area contributed by atoms with E-state index in [4.69, 9.17) is 16.7 Å². The highest BCUT2D eigenvalue weighted by atomic mass is 16.2. The van der Waals surface area contributed by atoms with Gasteiger partial charge in [0.2, 0.25) is 0 Å². The average Bonchev–Trinajstić information content (AvgIpc) is 2.64. The molecule has 0 radical (unpaired) electrons. The number of urea groups is 1. The molecule has 0 aliphatic carbocycles. The van der Waals surface area contributed by atoms with Gasteiger partial charge in [0, 0.05) is 10.9 Å². The van der Waals surface area contributed by atoms with Gasteiger partial charge in [0.25, 0.3) is 5.91 Å². The Morgan fingerprint density at radius 3 is 2.61 bits per heavy atom. The van der Waals surface area contributed by atoms with Gasteiger partial charge < -0.3 is 16.5 Å². The summed E-state index contributed by atoms with van der Waals surface area (Å²) in [5, 5.41) is 11.6. The number of anilines is 1. The normalized spacial score (nSPS) is 9.94. The molecule has 1 heterocycles. The van der Waals surface area contributed by atoms with E-state index in [1.165, 1.54) is 0 Å². The van der Waals surface area contributed by atoms with Crippen molar-refractivity contribution in [2.24, 2.45) is 11.5 Å². The second-order valence-corrected chi connectivity index (χ2v) is 3.60. The first-order valence-electron chi connectivity index (χ1n) is 4.95. The SMILES string of the molecule is N#Cc1ccc2c(C(N)=O)c(NC(N)=O)[nH]c2c1. The van der Waals surface area contributed by atoms with Gasteiger partial charge in [-0.25, -0.2) is 4.79 Å². The van der Waals surface area contributed by atoms with E-state index in [1.807, 2.05) is 6.07 Å². The number of H-pyrrole nitrogens is 1. The van der Waals surface area contributed by atoms with E-state index in [1.54, 1.807) is 18.2 Å². The number of carbonyl (C=O) groups excluding carboxylic acids is 2. The Hall–Kier alpha value is -3.01. The summed E-state index contributed by atoms with van der Waals surface area (Å²) >= 11 is 0. The first-order valence-corrected chi connectivity index (χ1v) is 4.95. The number of carbonyl (C=O) groups is 2. The summed E-state index contributed by atoms with van der Waals surface area (Å²) in [6.45, 7) is 0. The fourth-order valence-corrected chi connectivity index (χ4v) is 1.74. The average molecular weight is 243 g/mol. The van der Waals surface area contributed by atoms with Crippen LogP contribution < -0.4 is 16.8 Å². The van der Waals surface area contributed by atoms with Gasteiger partial charge in [0.1, 0.15) is 5.82 Å². The summed E-state index contributed by atoms with van der Waals surface area (Å²) in [5.74, 6) is -0.574. The van der Waals surface area contributed by atoms with Crippen LogP contribution in [0, 0.1) is 11.3 Å². The molecule has 0 aliphatic rings. The molecule has 0 unspecified atom stereocenters. The van der Waals surface area contributed by atoms with Crippen LogP contribution in [-0.2, 0) is 0 Å². The molecule has 18 heavy (non-hydrogen) atoms. The van der Waals surface area contributed by atoms with Crippen molar-refractivity contribution in [2.45, 2.75) is 0 Å². The van der Waals surface area contributed by atoms with Gasteiger partial charge in [-0.05, 0) is 12.1 Å². The van der Waals surface area contributed by atoms with Crippen LogP contribution >= 0.6 is 0 Å². The highest BCUT2D eigenvalue weighted by Crippen LogP contribution is 2.26. The number of rotatable bonds is 2. The van der Waals surface area contributed by atoms with Gasteiger partial charge in [0.15, 0.2) is 0 Å². The predicted octanol–water partition coefficient (Wildman–Crippen LogP) is 0.629. The van der Waals surface area contributed by atoms with Crippen molar-refractivity contribution in [3.8, 4) is 6.07 Å². The highest BCUT2D eigenvalue weighted by molar-refractivity contribution is 6.13. The van der Waals surface area contributed by atoms with Crippen molar-refractivity contribution in [3.63, 3.8) is 0 Å². The van der Waals surface area contributed by atoms with Crippen LogP contribution in [0.5, 0.6) is 0 Å². The molecule has 1 aromatic heterocycles. The van der Waals surface area contributed by atoms with E-state index < -0.39 is 11.9 Å². The number of fused-ring (bicyclic) bond motifs is 1. The molecule has 0 aliphatic heterocycles. The van der Waals surface area contributed by atoms with Gasteiger partial charge in [-0.2, -0.15) is 5.26 Å². The number of hydrogen-bond acceptors (Lipinski definition) is 3. The monoisotopic (exact) mass is 243 g/mol. The van der Waals surface area contributed by atoms with Gasteiger partial charge in [-0.3, -0.25) is 10.1 Å². The van der Waals surface area contributed by atoms with Crippen LogP contribution in [0.3, 0.4) is 0 Å². The Bertz CT molecular complexity index is 695. The molecule has 3 amide bonds. The third kappa shape index (κ3) is 1.82. The number of hydrogen-bond donors (Lipinski definition) is 4. The van der Waals surface area contributed by atoms with Gasteiger partial charge in [-0.15, -0.1) is 0 Å². The zero-order valence-corrected chi connectivity index (χ0v) is 9.15. The fraction of sp³-hybridized carbons (Fsp3) is 0. The smallest absolute Gasteiger partial charge is 0.317 e. The number of nitrogens with two attached hydrogens (primary N) is 2. The summed E-state index contributed by atoms with van der Waals surface area (Å²) in [5.41, 5.74) is 11.3. The molecule has 0 atom stereocenters. The van der Waals surface area contributed by atoms with Crippen LogP contribution in [0.25, 0.3) is 10.9 Å². The minimum atomic E-state index is -0.815. The summed E-state index contributed by atoms with van der Waals surface area (Å²) in [6, 6.07) is 5.84. The number of benzene rings is 1. The molecular weight excluding hydrogens is 234 g/mol. The second kappa shape index (κ2) is 4.10. The molecule has 6 N–H and O–H groups in total. The molecule has 7 heteroatoms. The van der Waals surface area contributed by atoms with Crippen LogP contribution in [-0.4, -0.2) is 16.9 Å². The molecule has 0 saturated carbocycles. The van der Waals surface area contributed by atoms with Crippen molar-refractivity contribution < 1.29 is 9.59 Å². The largest absolute Gasteiger partial charge is 0.365 e. The lowest BCUT2D eigenvalue weighted by atomic mass is 10.1. The summed E-state index contributed by atoms with van der Waals surface area (Å²) in [6.07, 6.45) is 0. The van der Waals surface area contributed by atoms with E-state index in [0.29, 0.717) is 16.5 Å². The highest BCUT2D eigenvalue weighted by Gasteiger charge is 2.17. The third-order valence-corrected chi connectivity index (χ3v) is 2.42. The minimum Gasteiger partial charge on any atom is -0.365 e. The standard InChI is InChI=1S/C11H9N5O2/c12-4-5-1-2-6-7(3-5)15-10(16-11(14)18)8(6)9(13)17/h1-3,15H,(H2,13,17)(H3,14,16,18). The topological polar surface area (TPSA) is 138 Å². The molecule has 90 valence electrons. The first-order chi connectivity index (χ1) is 8.52. The number of nitrogens with one attached hydrogen (secondary N) is 2. The van der Waals surface area contributed by atoms with Crippen LogP contribution in [0.1, 0.15) is 15.9 Å². The number of amides is 3. The molecular formula is C11H9N5O2. The molecule has 0 saturated heterocycles. The summed E-state index contributed by atoms with van der Waals surface area (Å²) in [7, 11) is 0. The maximum absolute atomic E-state index is 11.4. The maximum atomic E-state index is 11.4. The van der Waals surface area contributed by atoms with Crippen molar-refractivity contribution in [1.29, 1.82) is 5.26 Å². The zero-order valence-electron chi connectivity index (χ0n) is 9.15. The van der Waals surface area contributed by atoms with Crippen molar-refractivity contribution in [3.05, 3.63) is 29.3 Å². The van der Waals surface area contributed by atoms with Gasteiger partial charge in [0.05, 0.1) is 17.2 Å². The summed E-state index contributed by atoms with van der Waals surface area (Å²) in [4.78, 5) is 25.0. The number of aromatic nitrogens is 1. The molecule has 0 spiro atoms. The molecule has 0 bridgehead atoms. The molecule has 2 aromatic rings. The summed E-state index contributed by atoms with van der Waals surface area (Å²) < 4.78 is 0. The number of nitrogens with zero attached hydrogens (tertiary/aromatic N) is 1. The van der Waals surface area contributed by atoms with E-state index in [0.717, 1.165) is 0 Å². The van der Waals surface area contributed by atoms with Gasteiger partial charge >= 0.3 is 6.03 Å². The van der Waals surface area contributed by atoms with Crippen LogP contribution in [0.2, 0.25) is 0 Å². The molecule has 7 nitrogen and oxygen atoms in total. The number of nitriles is 1. The van der Waals surface area contributed by atoms with Crippen molar-refractivity contribution >= 4 is 28.7 Å². The van der Waals surface area contributed by atoms with E-state index in [2.05, 4.69) is 10.3 Å². The fourth-order valence-electron chi connectivity index (χ4n) is 1.74. The Balaban J connectivity index is 2.71. The Labute approximate surface area is 101 Å². The number of primary amides is 2. The van der Waals surface area contributed by atoms with Crippen molar-refractivity contribution in [2.75, 3.05) is 5.32 Å². The Morgan fingerprint density at radius 1 is 1.33 bits per heavy atom. The third-order valence-electron chi connectivity index (χ3n) is 2.42. The molecule has 0 fully saturated rings. The predicted molar refractivity (Wildman–Crippen MR) is 64.7 cm³/mol. The van der Waals surface area contributed by atoms with E-state index in [-0.39, 0.29) is 11.4 Å². The Kier molecular flexibility index (Phi) is 2.61.